The first-order valence-electron chi connectivity index (χ1n) is 10.1. The Morgan fingerprint density at radius 2 is 1.93 bits per heavy atom. The smallest absolute Gasteiger partial charge is 0.224 e. The predicted molar refractivity (Wildman–Crippen MR) is 108 cm³/mol. The van der Waals surface area contributed by atoms with E-state index in [1.807, 2.05) is 11.0 Å². The lowest BCUT2D eigenvalue weighted by molar-refractivity contribution is -0.135. The minimum Gasteiger partial charge on any atom is -0.342 e. The van der Waals surface area contributed by atoms with Crippen LogP contribution in [0.2, 0.25) is 0 Å². The minimum absolute atomic E-state index is 0. The molecule has 3 saturated heterocycles. The molecule has 0 saturated carbocycles. The molecule has 5 nitrogen and oxygen atoms in total. The molecule has 0 bridgehead atoms. The number of hydrogen-bond acceptors (Lipinski definition) is 3. The summed E-state index contributed by atoms with van der Waals surface area (Å²) in [5, 5.41) is 3.49. The standard InChI is InChI=1S/C21H29N3O2.ClH/c25-19-9-5-2-6-11-23(19)12-10-20(26)24-15-17-13-22-14-18(17)21(24)16-7-3-1-4-8-16;/h1,3-4,7-8,17-18,21-22H,2,5-6,9-15H2;1H/t17-,18-,21-;/m0./s1. The van der Waals surface area contributed by atoms with Gasteiger partial charge in [-0.2, -0.15) is 0 Å². The molecule has 0 unspecified atom stereocenters. The van der Waals surface area contributed by atoms with Gasteiger partial charge in [0, 0.05) is 51.5 Å². The Balaban J connectivity index is 0.00000210. The molecule has 1 aromatic rings. The van der Waals surface area contributed by atoms with Gasteiger partial charge in [-0.15, -0.1) is 12.4 Å². The van der Waals surface area contributed by atoms with Crippen LogP contribution in [-0.2, 0) is 9.59 Å². The van der Waals surface area contributed by atoms with E-state index in [1.54, 1.807) is 0 Å². The van der Waals surface area contributed by atoms with E-state index >= 15 is 0 Å². The molecule has 2 amide bonds. The third kappa shape index (κ3) is 4.30. The molecule has 4 rings (SSSR count). The molecule has 0 spiro atoms. The molecule has 3 aliphatic heterocycles. The number of nitrogens with zero attached hydrogens (tertiary/aromatic N) is 2. The van der Waals surface area contributed by atoms with Crippen molar-refractivity contribution >= 4 is 24.2 Å². The van der Waals surface area contributed by atoms with E-state index in [1.165, 1.54) is 5.56 Å². The number of rotatable bonds is 4. The van der Waals surface area contributed by atoms with Crippen LogP contribution in [0.25, 0.3) is 0 Å². The first-order valence-corrected chi connectivity index (χ1v) is 10.1. The molecule has 0 aromatic heterocycles. The maximum Gasteiger partial charge on any atom is 0.224 e. The monoisotopic (exact) mass is 391 g/mol. The molecule has 148 valence electrons. The van der Waals surface area contributed by atoms with Gasteiger partial charge in [-0.25, -0.2) is 0 Å². The topological polar surface area (TPSA) is 52.7 Å². The summed E-state index contributed by atoms with van der Waals surface area (Å²) in [4.78, 5) is 29.2. The predicted octanol–water partition coefficient (Wildman–Crippen LogP) is 2.62. The molecular weight excluding hydrogens is 362 g/mol. The second-order valence-corrected chi connectivity index (χ2v) is 7.93. The summed E-state index contributed by atoms with van der Waals surface area (Å²) in [5.41, 5.74) is 1.24. The number of carbonyl (C=O) groups is 2. The zero-order valence-corrected chi connectivity index (χ0v) is 16.6. The number of carbonyl (C=O) groups excluding carboxylic acids is 2. The van der Waals surface area contributed by atoms with E-state index in [0.717, 1.165) is 45.4 Å². The highest BCUT2D eigenvalue weighted by atomic mass is 35.5. The summed E-state index contributed by atoms with van der Waals surface area (Å²) in [6, 6.07) is 10.6. The Morgan fingerprint density at radius 1 is 1.11 bits per heavy atom. The summed E-state index contributed by atoms with van der Waals surface area (Å²) in [6.45, 7) is 4.21. The van der Waals surface area contributed by atoms with Gasteiger partial charge in [-0.3, -0.25) is 9.59 Å². The second kappa shape index (κ2) is 9.07. The van der Waals surface area contributed by atoms with Crippen LogP contribution in [0.5, 0.6) is 0 Å². The molecule has 27 heavy (non-hydrogen) atoms. The van der Waals surface area contributed by atoms with E-state index in [9.17, 15) is 9.59 Å². The van der Waals surface area contributed by atoms with Gasteiger partial charge in [0.1, 0.15) is 0 Å². The summed E-state index contributed by atoms with van der Waals surface area (Å²) in [5.74, 6) is 1.47. The van der Waals surface area contributed by atoms with E-state index in [4.69, 9.17) is 0 Å². The van der Waals surface area contributed by atoms with Gasteiger partial charge >= 0.3 is 0 Å². The minimum atomic E-state index is 0. The van der Waals surface area contributed by atoms with Crippen LogP contribution in [0, 0.1) is 11.8 Å². The maximum absolute atomic E-state index is 13.1. The van der Waals surface area contributed by atoms with Crippen molar-refractivity contribution < 1.29 is 9.59 Å². The van der Waals surface area contributed by atoms with Crippen molar-refractivity contribution in [2.75, 3.05) is 32.7 Å². The summed E-state index contributed by atoms with van der Waals surface area (Å²) >= 11 is 0. The zero-order chi connectivity index (χ0) is 17.9. The lowest BCUT2D eigenvalue weighted by Crippen LogP contribution is -2.38. The van der Waals surface area contributed by atoms with Crippen LogP contribution in [0.15, 0.2) is 30.3 Å². The fourth-order valence-corrected chi connectivity index (χ4v) is 4.90. The SMILES string of the molecule is Cl.O=C1CCCCCN1CCC(=O)N1C[C@@H]2CNC[C@@H]2[C@@H]1c1ccccc1. The third-order valence-corrected chi connectivity index (χ3v) is 6.29. The van der Waals surface area contributed by atoms with Gasteiger partial charge in [0.25, 0.3) is 0 Å². The lowest BCUT2D eigenvalue weighted by Gasteiger charge is -2.29. The molecule has 6 heteroatoms. The van der Waals surface area contributed by atoms with Gasteiger partial charge in [0.05, 0.1) is 6.04 Å². The van der Waals surface area contributed by atoms with Crippen molar-refractivity contribution in [3.8, 4) is 0 Å². The average Bonchev–Trinajstić information content (AvgIpc) is 3.18. The largest absolute Gasteiger partial charge is 0.342 e. The van der Waals surface area contributed by atoms with Crippen LogP contribution in [0.3, 0.4) is 0 Å². The maximum atomic E-state index is 13.1. The Labute approximate surface area is 167 Å². The molecule has 3 heterocycles. The molecular formula is C21H30ClN3O2. The zero-order valence-electron chi connectivity index (χ0n) is 15.8. The van der Waals surface area contributed by atoms with Crippen LogP contribution >= 0.6 is 12.4 Å². The van der Waals surface area contributed by atoms with Crippen LogP contribution in [0.4, 0.5) is 0 Å². The van der Waals surface area contributed by atoms with Crippen molar-refractivity contribution in [1.82, 2.24) is 15.1 Å². The van der Waals surface area contributed by atoms with Gasteiger partial charge in [0.15, 0.2) is 0 Å². The number of amides is 2. The van der Waals surface area contributed by atoms with E-state index in [-0.39, 0.29) is 30.3 Å². The van der Waals surface area contributed by atoms with Crippen molar-refractivity contribution in [1.29, 1.82) is 0 Å². The van der Waals surface area contributed by atoms with Crippen molar-refractivity contribution in [3.63, 3.8) is 0 Å². The van der Waals surface area contributed by atoms with Gasteiger partial charge in [-0.05, 0) is 24.3 Å². The Morgan fingerprint density at radius 3 is 2.74 bits per heavy atom. The number of nitrogens with one attached hydrogen (secondary N) is 1. The number of fused-ring (bicyclic) bond motifs is 1. The molecule has 0 radical (unpaired) electrons. The fraction of sp³-hybridized carbons (Fsp3) is 0.619. The highest BCUT2D eigenvalue weighted by molar-refractivity contribution is 5.85. The van der Waals surface area contributed by atoms with E-state index in [2.05, 4.69) is 34.5 Å². The molecule has 1 N–H and O–H groups in total. The summed E-state index contributed by atoms with van der Waals surface area (Å²) in [6.07, 6.45) is 4.25. The van der Waals surface area contributed by atoms with E-state index in [0.29, 0.717) is 31.2 Å². The van der Waals surface area contributed by atoms with Crippen LogP contribution in [-0.4, -0.2) is 54.3 Å². The Kier molecular flexibility index (Phi) is 6.77. The number of benzene rings is 1. The first kappa shape index (κ1) is 20.2. The fourth-order valence-electron chi connectivity index (χ4n) is 4.90. The van der Waals surface area contributed by atoms with Crippen molar-refractivity contribution in [2.24, 2.45) is 11.8 Å². The molecule has 0 aliphatic carbocycles. The normalized spacial score (nSPS) is 27.9. The number of halogens is 1. The van der Waals surface area contributed by atoms with Gasteiger partial charge < -0.3 is 15.1 Å². The van der Waals surface area contributed by atoms with Crippen LogP contribution < -0.4 is 5.32 Å². The van der Waals surface area contributed by atoms with Gasteiger partial charge in [-0.1, -0.05) is 36.8 Å². The summed E-state index contributed by atoms with van der Waals surface area (Å²) < 4.78 is 0. The first-order chi connectivity index (χ1) is 12.7. The quantitative estimate of drug-likeness (QED) is 0.858. The van der Waals surface area contributed by atoms with Gasteiger partial charge in [0.2, 0.25) is 11.8 Å². The van der Waals surface area contributed by atoms with Crippen molar-refractivity contribution in [2.45, 2.75) is 38.1 Å². The Hall–Kier alpha value is -1.59. The molecule has 1 aromatic carbocycles. The molecule has 3 atom stereocenters. The second-order valence-electron chi connectivity index (χ2n) is 7.93. The number of likely N-dealkylation sites (tertiary alicyclic amines) is 2. The van der Waals surface area contributed by atoms with Crippen LogP contribution in [0.1, 0.15) is 43.7 Å². The van der Waals surface area contributed by atoms with Crippen molar-refractivity contribution in [3.05, 3.63) is 35.9 Å². The average molecular weight is 392 g/mol. The lowest BCUT2D eigenvalue weighted by atomic mass is 9.89. The third-order valence-electron chi connectivity index (χ3n) is 6.29. The molecule has 3 aliphatic rings. The number of hydrogen-bond donors (Lipinski definition) is 1. The molecule has 3 fully saturated rings. The Bertz CT molecular complexity index is 654. The van der Waals surface area contributed by atoms with E-state index < -0.39 is 0 Å². The highest BCUT2D eigenvalue weighted by Gasteiger charge is 2.46. The highest BCUT2D eigenvalue weighted by Crippen LogP contribution is 2.42. The summed E-state index contributed by atoms with van der Waals surface area (Å²) in [7, 11) is 0.